The van der Waals surface area contributed by atoms with Gasteiger partial charge in [0, 0.05) is 0 Å². The minimum atomic E-state index is -0.0925. The molecule has 0 aromatic heterocycles. The topological polar surface area (TPSA) is 23.1 Å². The van der Waals surface area contributed by atoms with Crippen molar-refractivity contribution in [3.05, 3.63) is 5.21 Å². The maximum atomic E-state index is 12.3. The number of rotatable bonds is 16. The van der Waals surface area contributed by atoms with Crippen molar-refractivity contribution in [1.82, 2.24) is 0 Å². The summed E-state index contributed by atoms with van der Waals surface area (Å²) in [5, 5.41) is 12.3. The standard InChI is InChI=1S/C20H43NO/c1-5-7-9-11-13-15-17-19-20(21(3,4)22)18-16-14-12-10-8-6-2/h20H,5-19H2,1-4H3. The van der Waals surface area contributed by atoms with E-state index < -0.39 is 0 Å². The molecule has 0 bridgehead atoms. The summed E-state index contributed by atoms with van der Waals surface area (Å²) in [7, 11) is 3.67. The Morgan fingerprint density at radius 2 is 0.909 bits per heavy atom. The first-order valence-corrected chi connectivity index (χ1v) is 10.1. The van der Waals surface area contributed by atoms with Gasteiger partial charge in [-0.3, -0.25) is 0 Å². The zero-order valence-electron chi connectivity index (χ0n) is 16.0. The van der Waals surface area contributed by atoms with Gasteiger partial charge in [0.25, 0.3) is 0 Å². The van der Waals surface area contributed by atoms with E-state index >= 15 is 0 Å². The van der Waals surface area contributed by atoms with Crippen LogP contribution in [0.5, 0.6) is 0 Å². The SMILES string of the molecule is CCCCCCCCCC(CCCCCCCC)[N+](C)(C)[O-]. The largest absolute Gasteiger partial charge is 0.633 e. The molecule has 0 aliphatic rings. The van der Waals surface area contributed by atoms with E-state index in [1.54, 1.807) is 0 Å². The van der Waals surface area contributed by atoms with E-state index in [2.05, 4.69) is 13.8 Å². The summed E-state index contributed by atoms with van der Waals surface area (Å²) in [6.45, 7) is 4.52. The van der Waals surface area contributed by atoms with Crippen molar-refractivity contribution in [2.24, 2.45) is 0 Å². The lowest BCUT2D eigenvalue weighted by atomic mass is 9.99. The van der Waals surface area contributed by atoms with E-state index in [0.29, 0.717) is 6.04 Å². The monoisotopic (exact) mass is 313 g/mol. The van der Waals surface area contributed by atoms with E-state index in [4.69, 9.17) is 0 Å². The van der Waals surface area contributed by atoms with Gasteiger partial charge < -0.3 is 9.85 Å². The number of nitrogens with zero attached hydrogens (tertiary/aromatic N) is 1. The number of hydrogen-bond donors (Lipinski definition) is 0. The molecule has 1 atom stereocenters. The average molecular weight is 314 g/mol. The normalized spacial score (nSPS) is 13.5. The zero-order chi connectivity index (χ0) is 16.7. The molecule has 0 saturated heterocycles. The Balaban J connectivity index is 3.71. The first kappa shape index (κ1) is 21.9. The molecule has 22 heavy (non-hydrogen) atoms. The van der Waals surface area contributed by atoms with E-state index in [9.17, 15) is 5.21 Å². The number of hydrogen-bond acceptors (Lipinski definition) is 1. The van der Waals surface area contributed by atoms with Gasteiger partial charge in [0.15, 0.2) is 0 Å². The molecule has 0 N–H and O–H groups in total. The van der Waals surface area contributed by atoms with Crippen LogP contribution in [0.3, 0.4) is 0 Å². The van der Waals surface area contributed by atoms with Gasteiger partial charge in [-0.1, -0.05) is 84.5 Å². The lowest BCUT2D eigenvalue weighted by molar-refractivity contribution is -0.867. The summed E-state index contributed by atoms with van der Waals surface area (Å²) in [6, 6.07) is 0.321. The first-order valence-electron chi connectivity index (χ1n) is 10.1. The fraction of sp³-hybridized carbons (Fsp3) is 1.00. The zero-order valence-corrected chi connectivity index (χ0v) is 16.0. The molecule has 0 aliphatic heterocycles. The van der Waals surface area contributed by atoms with Gasteiger partial charge in [0.1, 0.15) is 0 Å². The van der Waals surface area contributed by atoms with Gasteiger partial charge in [-0.25, -0.2) is 0 Å². The van der Waals surface area contributed by atoms with Crippen LogP contribution < -0.4 is 0 Å². The summed E-state index contributed by atoms with van der Waals surface area (Å²) >= 11 is 0. The van der Waals surface area contributed by atoms with E-state index in [-0.39, 0.29) is 4.65 Å². The van der Waals surface area contributed by atoms with Crippen LogP contribution in [0.1, 0.15) is 110 Å². The van der Waals surface area contributed by atoms with Crippen LogP contribution in [0.25, 0.3) is 0 Å². The molecule has 2 nitrogen and oxygen atoms in total. The van der Waals surface area contributed by atoms with Crippen molar-refractivity contribution in [2.45, 2.75) is 116 Å². The predicted molar refractivity (Wildman–Crippen MR) is 99.9 cm³/mol. The lowest BCUT2D eigenvalue weighted by Crippen LogP contribution is -2.43. The minimum absolute atomic E-state index is 0.0925. The minimum Gasteiger partial charge on any atom is -0.633 e. The second kappa shape index (κ2) is 14.5. The van der Waals surface area contributed by atoms with Crippen molar-refractivity contribution in [3.8, 4) is 0 Å². The summed E-state index contributed by atoms with van der Waals surface area (Å²) < 4.78 is -0.0925. The molecule has 1 unspecified atom stereocenters. The molecule has 0 spiro atoms. The Hall–Kier alpha value is -0.0800. The highest BCUT2D eigenvalue weighted by molar-refractivity contribution is 4.61. The van der Waals surface area contributed by atoms with Crippen LogP contribution in [0.15, 0.2) is 0 Å². The van der Waals surface area contributed by atoms with Crippen molar-refractivity contribution in [2.75, 3.05) is 14.1 Å². The molecule has 0 heterocycles. The average Bonchev–Trinajstić information content (AvgIpc) is 2.46. The van der Waals surface area contributed by atoms with Crippen LogP contribution in [0.2, 0.25) is 0 Å². The number of quaternary nitrogens is 1. The Kier molecular flexibility index (Phi) is 14.5. The van der Waals surface area contributed by atoms with Gasteiger partial charge in [0.05, 0.1) is 20.1 Å². The second-order valence-electron chi connectivity index (χ2n) is 7.55. The fourth-order valence-corrected chi connectivity index (χ4v) is 3.26. The smallest absolute Gasteiger partial charge is 0.0883 e. The molecule has 2 heteroatoms. The van der Waals surface area contributed by atoms with E-state index in [1.807, 2.05) is 14.1 Å². The lowest BCUT2D eigenvalue weighted by Gasteiger charge is -2.42. The van der Waals surface area contributed by atoms with Crippen LogP contribution >= 0.6 is 0 Å². The van der Waals surface area contributed by atoms with Crippen LogP contribution in [-0.2, 0) is 0 Å². The summed E-state index contributed by atoms with van der Waals surface area (Å²) in [4.78, 5) is 0. The molecule has 134 valence electrons. The van der Waals surface area contributed by atoms with Gasteiger partial charge in [-0.05, 0) is 25.7 Å². The molecule has 0 aromatic rings. The third-order valence-corrected chi connectivity index (χ3v) is 4.91. The Morgan fingerprint density at radius 3 is 1.23 bits per heavy atom. The van der Waals surface area contributed by atoms with Crippen LogP contribution in [0.4, 0.5) is 0 Å². The Bertz CT molecular complexity index is 222. The molecule has 0 amide bonds. The first-order chi connectivity index (χ1) is 10.5. The molecule has 0 aromatic carbocycles. The fourth-order valence-electron chi connectivity index (χ4n) is 3.26. The summed E-state index contributed by atoms with van der Waals surface area (Å²) in [6.07, 6.45) is 19.6. The maximum absolute atomic E-state index is 12.3. The molecule has 0 aliphatic carbocycles. The van der Waals surface area contributed by atoms with Crippen molar-refractivity contribution in [1.29, 1.82) is 0 Å². The molecular weight excluding hydrogens is 270 g/mol. The summed E-state index contributed by atoms with van der Waals surface area (Å²) in [5.74, 6) is 0. The van der Waals surface area contributed by atoms with Gasteiger partial charge in [-0.15, -0.1) is 0 Å². The van der Waals surface area contributed by atoms with E-state index in [1.165, 1.54) is 83.5 Å². The maximum Gasteiger partial charge on any atom is 0.0883 e. The summed E-state index contributed by atoms with van der Waals surface area (Å²) in [5.41, 5.74) is 0. The highest BCUT2D eigenvalue weighted by Gasteiger charge is 2.19. The van der Waals surface area contributed by atoms with E-state index in [0.717, 1.165) is 12.8 Å². The van der Waals surface area contributed by atoms with Crippen LogP contribution in [-0.4, -0.2) is 24.8 Å². The van der Waals surface area contributed by atoms with Crippen molar-refractivity contribution < 1.29 is 4.65 Å². The third kappa shape index (κ3) is 13.6. The van der Waals surface area contributed by atoms with Gasteiger partial charge in [-0.2, -0.15) is 0 Å². The highest BCUT2D eigenvalue weighted by atomic mass is 16.5. The molecular formula is C20H43NO. The Morgan fingerprint density at radius 1 is 0.591 bits per heavy atom. The predicted octanol–water partition coefficient (Wildman–Crippen LogP) is 6.82. The van der Waals surface area contributed by atoms with Gasteiger partial charge >= 0.3 is 0 Å². The third-order valence-electron chi connectivity index (χ3n) is 4.91. The second-order valence-corrected chi connectivity index (χ2v) is 7.55. The Labute approximate surface area is 140 Å². The quantitative estimate of drug-likeness (QED) is 0.174. The van der Waals surface area contributed by atoms with Gasteiger partial charge in [0.2, 0.25) is 0 Å². The highest BCUT2D eigenvalue weighted by Crippen LogP contribution is 2.21. The number of unbranched alkanes of at least 4 members (excludes halogenated alkanes) is 11. The number of hydroxylamine groups is 3. The molecule has 0 fully saturated rings. The van der Waals surface area contributed by atoms with Crippen molar-refractivity contribution >= 4 is 0 Å². The molecule has 0 radical (unpaired) electrons. The molecule has 0 rings (SSSR count). The van der Waals surface area contributed by atoms with Crippen molar-refractivity contribution in [3.63, 3.8) is 0 Å². The molecule has 0 saturated carbocycles. The van der Waals surface area contributed by atoms with Crippen LogP contribution in [0, 0.1) is 5.21 Å².